The van der Waals surface area contributed by atoms with Crippen LogP contribution < -0.4 is 5.32 Å². The zero-order valence-corrected chi connectivity index (χ0v) is 14.9. The number of ether oxygens (including phenoxy) is 1. The molecule has 0 radical (unpaired) electrons. The number of carbonyl (C=O) groups excluding carboxylic acids is 2. The molecule has 0 aliphatic heterocycles. The molecule has 0 bridgehead atoms. The van der Waals surface area contributed by atoms with Crippen molar-refractivity contribution in [1.29, 1.82) is 0 Å². The fourth-order valence-electron chi connectivity index (χ4n) is 2.46. The number of aromatic nitrogens is 3. The number of para-hydroxylation sites is 1. The molecule has 1 amide bonds. The highest BCUT2D eigenvalue weighted by Gasteiger charge is 2.22. The zero-order chi connectivity index (χ0) is 18.0. The Hall–Kier alpha value is -2.74. The van der Waals surface area contributed by atoms with Gasteiger partial charge < -0.3 is 4.74 Å². The minimum absolute atomic E-state index is 0.253. The normalized spacial score (nSPS) is 11.0. The van der Waals surface area contributed by atoms with E-state index in [0.717, 1.165) is 15.8 Å². The lowest BCUT2D eigenvalue weighted by molar-refractivity contribution is 0.0593. The van der Waals surface area contributed by atoms with Gasteiger partial charge in [0.05, 0.1) is 12.6 Å². The van der Waals surface area contributed by atoms with Crippen molar-refractivity contribution in [3.8, 4) is 0 Å². The van der Waals surface area contributed by atoms with Gasteiger partial charge in [-0.2, -0.15) is 5.10 Å². The monoisotopic (exact) mass is 358 g/mol. The van der Waals surface area contributed by atoms with Crippen molar-refractivity contribution in [2.45, 2.75) is 20.3 Å². The van der Waals surface area contributed by atoms with Crippen molar-refractivity contribution < 1.29 is 14.3 Å². The highest BCUT2D eigenvalue weighted by Crippen LogP contribution is 2.27. The molecule has 2 aromatic heterocycles. The van der Waals surface area contributed by atoms with Gasteiger partial charge in [0.1, 0.15) is 0 Å². The van der Waals surface area contributed by atoms with E-state index in [1.807, 2.05) is 24.3 Å². The smallest absolute Gasteiger partial charge is 0.357 e. The topological polar surface area (TPSA) is 97.0 Å². The first-order valence-corrected chi connectivity index (χ1v) is 8.63. The van der Waals surface area contributed by atoms with Crippen LogP contribution in [0.15, 0.2) is 24.3 Å². The van der Waals surface area contributed by atoms with E-state index in [1.165, 1.54) is 18.4 Å². The third-order valence-electron chi connectivity index (χ3n) is 3.58. The molecule has 0 atom stereocenters. The molecule has 1 aromatic carbocycles. The molecule has 2 heterocycles. The Labute approximate surface area is 148 Å². The van der Waals surface area contributed by atoms with Crippen molar-refractivity contribution in [1.82, 2.24) is 15.2 Å². The second kappa shape index (κ2) is 7.02. The number of anilines is 1. The predicted octanol–water partition coefficient (Wildman–Crippen LogP) is 3.26. The van der Waals surface area contributed by atoms with Gasteiger partial charge in [0.2, 0.25) is 0 Å². The fraction of sp³-hybridized carbons (Fsp3) is 0.294. The first-order valence-electron chi connectivity index (χ1n) is 7.82. The van der Waals surface area contributed by atoms with Crippen LogP contribution in [0.3, 0.4) is 0 Å². The minimum atomic E-state index is -0.502. The largest absolute Gasteiger partial charge is 0.464 e. The van der Waals surface area contributed by atoms with E-state index < -0.39 is 5.97 Å². The summed E-state index contributed by atoms with van der Waals surface area (Å²) in [5, 5.41) is 10.7. The Morgan fingerprint density at radius 2 is 2.04 bits per heavy atom. The summed E-state index contributed by atoms with van der Waals surface area (Å²) in [6, 6.07) is 7.37. The Morgan fingerprint density at radius 3 is 2.76 bits per heavy atom. The summed E-state index contributed by atoms with van der Waals surface area (Å²) in [4.78, 5) is 29.5. The van der Waals surface area contributed by atoms with Crippen molar-refractivity contribution in [2.24, 2.45) is 5.92 Å². The van der Waals surface area contributed by atoms with E-state index in [2.05, 4.69) is 34.3 Å². The van der Waals surface area contributed by atoms with Crippen LogP contribution in [0.2, 0.25) is 0 Å². The van der Waals surface area contributed by atoms with Crippen molar-refractivity contribution in [3.63, 3.8) is 0 Å². The first-order chi connectivity index (χ1) is 12.0. The van der Waals surface area contributed by atoms with Gasteiger partial charge in [-0.05, 0) is 18.4 Å². The van der Waals surface area contributed by atoms with Gasteiger partial charge in [0, 0.05) is 10.3 Å². The molecule has 130 valence electrons. The van der Waals surface area contributed by atoms with Crippen LogP contribution in [0.4, 0.5) is 5.13 Å². The summed E-state index contributed by atoms with van der Waals surface area (Å²) in [5.41, 5.74) is 1.32. The summed E-state index contributed by atoms with van der Waals surface area (Å²) in [6.07, 6.45) is 0.684. The number of carbonyl (C=O) groups is 2. The number of methoxy groups -OCH3 is 1. The Bertz CT molecular complexity index is 929. The van der Waals surface area contributed by atoms with E-state index in [1.54, 1.807) is 0 Å². The number of hydrogen-bond donors (Lipinski definition) is 2. The van der Waals surface area contributed by atoms with E-state index in [4.69, 9.17) is 4.74 Å². The van der Waals surface area contributed by atoms with E-state index in [9.17, 15) is 9.59 Å². The number of fused-ring (bicyclic) bond motifs is 1. The van der Waals surface area contributed by atoms with Crippen LogP contribution in [0.1, 0.15) is 39.7 Å². The number of benzene rings is 1. The quantitative estimate of drug-likeness (QED) is 0.682. The SMILES string of the molecule is COC(=O)c1nc(NC(=O)c2n[nH]c3ccccc23)sc1CC(C)C. The number of rotatable bonds is 5. The van der Waals surface area contributed by atoms with E-state index >= 15 is 0 Å². The van der Waals surface area contributed by atoms with Crippen molar-refractivity contribution >= 4 is 39.2 Å². The lowest BCUT2D eigenvalue weighted by Crippen LogP contribution is -2.13. The summed E-state index contributed by atoms with van der Waals surface area (Å²) in [6.45, 7) is 4.10. The van der Waals surface area contributed by atoms with Crippen molar-refractivity contribution in [3.05, 3.63) is 40.5 Å². The fourth-order valence-corrected chi connectivity index (χ4v) is 3.62. The Balaban J connectivity index is 1.88. The maximum Gasteiger partial charge on any atom is 0.357 e. The number of amides is 1. The van der Waals surface area contributed by atoms with Crippen LogP contribution in [0.5, 0.6) is 0 Å². The van der Waals surface area contributed by atoms with Gasteiger partial charge in [-0.25, -0.2) is 9.78 Å². The average molecular weight is 358 g/mol. The number of aromatic amines is 1. The molecule has 2 N–H and O–H groups in total. The first kappa shape index (κ1) is 17.1. The molecule has 25 heavy (non-hydrogen) atoms. The van der Waals surface area contributed by atoms with Gasteiger partial charge in [0.25, 0.3) is 5.91 Å². The molecule has 0 aliphatic carbocycles. The summed E-state index contributed by atoms with van der Waals surface area (Å²) < 4.78 is 4.78. The maximum absolute atomic E-state index is 12.5. The number of esters is 1. The van der Waals surface area contributed by atoms with Gasteiger partial charge in [-0.3, -0.25) is 15.2 Å². The summed E-state index contributed by atoms with van der Waals surface area (Å²) in [7, 11) is 1.31. The van der Waals surface area contributed by atoms with E-state index in [-0.39, 0.29) is 17.3 Å². The van der Waals surface area contributed by atoms with E-state index in [0.29, 0.717) is 17.5 Å². The molecule has 0 spiro atoms. The maximum atomic E-state index is 12.5. The Kier molecular flexibility index (Phi) is 4.80. The summed E-state index contributed by atoms with van der Waals surface area (Å²) >= 11 is 1.28. The molecule has 0 unspecified atom stereocenters. The van der Waals surface area contributed by atoms with Gasteiger partial charge in [-0.15, -0.1) is 11.3 Å². The molecular weight excluding hydrogens is 340 g/mol. The number of nitrogens with zero attached hydrogens (tertiary/aromatic N) is 2. The van der Waals surface area contributed by atoms with Crippen LogP contribution in [0.25, 0.3) is 10.9 Å². The molecule has 0 aliphatic rings. The molecule has 0 fully saturated rings. The highest BCUT2D eigenvalue weighted by atomic mass is 32.1. The number of nitrogens with one attached hydrogen (secondary N) is 2. The lowest BCUT2D eigenvalue weighted by Gasteiger charge is -2.02. The minimum Gasteiger partial charge on any atom is -0.464 e. The molecule has 3 rings (SSSR count). The van der Waals surface area contributed by atoms with Crippen LogP contribution in [-0.4, -0.2) is 34.2 Å². The number of H-pyrrole nitrogens is 1. The molecule has 8 heteroatoms. The molecule has 3 aromatic rings. The second-order valence-corrected chi connectivity index (χ2v) is 7.04. The van der Waals surface area contributed by atoms with Crippen LogP contribution in [0, 0.1) is 5.92 Å². The highest BCUT2D eigenvalue weighted by molar-refractivity contribution is 7.16. The zero-order valence-electron chi connectivity index (χ0n) is 14.1. The van der Waals surface area contributed by atoms with Crippen LogP contribution >= 0.6 is 11.3 Å². The standard InChI is InChI=1S/C17H18N4O3S/c1-9(2)8-12-14(16(23)24-3)18-17(25-12)19-15(22)13-10-6-4-5-7-11(10)20-21-13/h4-7,9H,8H2,1-3H3,(H,20,21)(H,18,19,22). The molecular formula is C17H18N4O3S. The summed E-state index contributed by atoms with van der Waals surface area (Å²) in [5.74, 6) is -0.529. The molecule has 0 saturated carbocycles. The average Bonchev–Trinajstić information content (AvgIpc) is 3.17. The molecule has 7 nitrogen and oxygen atoms in total. The predicted molar refractivity (Wildman–Crippen MR) is 96.0 cm³/mol. The van der Waals surface area contributed by atoms with Gasteiger partial charge in [-0.1, -0.05) is 32.0 Å². The van der Waals surface area contributed by atoms with Gasteiger partial charge >= 0.3 is 5.97 Å². The second-order valence-electron chi connectivity index (χ2n) is 5.95. The number of hydrogen-bond acceptors (Lipinski definition) is 6. The Morgan fingerprint density at radius 1 is 1.28 bits per heavy atom. The lowest BCUT2D eigenvalue weighted by atomic mass is 10.1. The number of thiazole rings is 1. The third kappa shape index (κ3) is 3.53. The third-order valence-corrected chi connectivity index (χ3v) is 4.57. The van der Waals surface area contributed by atoms with Crippen molar-refractivity contribution in [2.75, 3.05) is 12.4 Å². The van der Waals surface area contributed by atoms with Crippen LogP contribution in [-0.2, 0) is 11.2 Å². The van der Waals surface area contributed by atoms with Gasteiger partial charge in [0.15, 0.2) is 16.5 Å². The molecule has 0 saturated heterocycles.